The highest BCUT2D eigenvalue weighted by molar-refractivity contribution is 5.87. The maximum absolute atomic E-state index is 12.0. The van der Waals surface area contributed by atoms with Gasteiger partial charge in [-0.05, 0) is 25.5 Å². The molecule has 1 aromatic heterocycles. The zero-order chi connectivity index (χ0) is 17.9. The first-order chi connectivity index (χ1) is 11.3. The standard InChI is InChI=1S/C19H24N2O3/c1-6-19(3,4)21-12-14(15-9-7-8-10-17(15)21)11-16(18(23)24-5)20-13(2)22/h6-10,12,16H,1,11H2,2-5H3,(H,20,22). The van der Waals surface area contributed by atoms with Crippen molar-refractivity contribution in [1.82, 2.24) is 9.88 Å². The second-order valence-corrected chi connectivity index (χ2v) is 6.38. The van der Waals surface area contributed by atoms with Gasteiger partial charge in [0, 0.05) is 30.4 Å². The van der Waals surface area contributed by atoms with E-state index in [1.807, 2.05) is 36.5 Å². The van der Waals surface area contributed by atoms with Gasteiger partial charge in [0.1, 0.15) is 6.04 Å². The molecule has 0 saturated carbocycles. The molecule has 2 aromatic rings. The third-order valence-corrected chi connectivity index (χ3v) is 4.20. The van der Waals surface area contributed by atoms with Gasteiger partial charge in [0.15, 0.2) is 0 Å². The number of benzene rings is 1. The number of hydrogen-bond acceptors (Lipinski definition) is 3. The van der Waals surface area contributed by atoms with Crippen molar-refractivity contribution in [2.75, 3.05) is 7.11 Å². The Morgan fingerprint density at radius 1 is 1.38 bits per heavy atom. The average Bonchev–Trinajstić information content (AvgIpc) is 2.93. The molecule has 0 aliphatic rings. The minimum atomic E-state index is -0.710. The smallest absolute Gasteiger partial charge is 0.328 e. The number of carbonyl (C=O) groups excluding carboxylic acids is 2. The molecule has 24 heavy (non-hydrogen) atoms. The van der Waals surface area contributed by atoms with E-state index in [0.29, 0.717) is 6.42 Å². The zero-order valence-electron chi connectivity index (χ0n) is 14.6. The Morgan fingerprint density at radius 3 is 2.62 bits per heavy atom. The Hall–Kier alpha value is -2.56. The van der Waals surface area contributed by atoms with Crippen molar-refractivity contribution in [3.05, 3.63) is 48.7 Å². The van der Waals surface area contributed by atoms with Crippen LogP contribution in [0.3, 0.4) is 0 Å². The lowest BCUT2D eigenvalue weighted by Crippen LogP contribution is -2.42. The first-order valence-corrected chi connectivity index (χ1v) is 7.88. The van der Waals surface area contributed by atoms with Crippen LogP contribution in [0, 0.1) is 0 Å². The fourth-order valence-corrected chi connectivity index (χ4v) is 2.79. The summed E-state index contributed by atoms with van der Waals surface area (Å²) in [7, 11) is 1.32. The number of hydrogen-bond donors (Lipinski definition) is 1. The van der Waals surface area contributed by atoms with Crippen molar-refractivity contribution in [2.45, 2.75) is 38.8 Å². The summed E-state index contributed by atoms with van der Waals surface area (Å²) in [6.45, 7) is 9.45. The van der Waals surface area contributed by atoms with Crippen LogP contribution in [0.4, 0.5) is 0 Å². The molecule has 1 N–H and O–H groups in total. The second kappa shape index (κ2) is 6.91. The monoisotopic (exact) mass is 328 g/mol. The Morgan fingerprint density at radius 2 is 2.04 bits per heavy atom. The van der Waals surface area contributed by atoms with Crippen molar-refractivity contribution in [2.24, 2.45) is 0 Å². The summed E-state index contributed by atoms with van der Waals surface area (Å²) in [5.41, 5.74) is 1.76. The predicted molar refractivity (Wildman–Crippen MR) is 94.8 cm³/mol. The number of aromatic nitrogens is 1. The predicted octanol–water partition coefficient (Wildman–Crippen LogP) is 2.78. The molecule has 0 bridgehead atoms. The van der Waals surface area contributed by atoms with Gasteiger partial charge in [-0.3, -0.25) is 4.79 Å². The van der Waals surface area contributed by atoms with Crippen LogP contribution >= 0.6 is 0 Å². The number of esters is 1. The number of nitrogens with one attached hydrogen (secondary N) is 1. The van der Waals surface area contributed by atoms with Crippen molar-refractivity contribution >= 4 is 22.8 Å². The fraction of sp³-hybridized carbons (Fsp3) is 0.368. The van der Waals surface area contributed by atoms with Crippen LogP contribution < -0.4 is 5.32 Å². The summed E-state index contributed by atoms with van der Waals surface area (Å²) in [4.78, 5) is 23.4. The van der Waals surface area contributed by atoms with Crippen LogP contribution in [0.2, 0.25) is 0 Å². The lowest BCUT2D eigenvalue weighted by atomic mass is 10.0. The molecule has 5 heteroatoms. The van der Waals surface area contributed by atoms with Gasteiger partial charge in [-0.1, -0.05) is 24.3 Å². The first-order valence-electron chi connectivity index (χ1n) is 7.88. The molecule has 1 amide bonds. The number of para-hydroxylation sites is 1. The summed E-state index contributed by atoms with van der Waals surface area (Å²) in [6.07, 6.45) is 4.27. The largest absolute Gasteiger partial charge is 0.467 e. The topological polar surface area (TPSA) is 60.3 Å². The molecular formula is C19H24N2O3. The Balaban J connectivity index is 2.50. The molecule has 1 aromatic carbocycles. The molecule has 128 valence electrons. The number of carbonyl (C=O) groups is 2. The van der Waals surface area contributed by atoms with Gasteiger partial charge in [-0.2, -0.15) is 0 Å². The molecule has 0 spiro atoms. The van der Waals surface area contributed by atoms with Crippen LogP contribution in [0.25, 0.3) is 10.9 Å². The molecule has 1 atom stereocenters. The Kier molecular flexibility index (Phi) is 5.12. The van der Waals surface area contributed by atoms with Crippen LogP contribution in [-0.2, 0) is 26.3 Å². The molecule has 0 saturated heterocycles. The number of fused-ring (bicyclic) bond motifs is 1. The second-order valence-electron chi connectivity index (χ2n) is 6.38. The average molecular weight is 328 g/mol. The van der Waals surface area contributed by atoms with E-state index in [1.54, 1.807) is 0 Å². The van der Waals surface area contributed by atoms with E-state index in [9.17, 15) is 9.59 Å². The highest BCUT2D eigenvalue weighted by Gasteiger charge is 2.25. The van der Waals surface area contributed by atoms with E-state index in [4.69, 9.17) is 4.74 Å². The van der Waals surface area contributed by atoms with Gasteiger partial charge in [0.2, 0.25) is 5.91 Å². The van der Waals surface area contributed by atoms with Crippen LogP contribution in [0.5, 0.6) is 0 Å². The number of ether oxygens (including phenoxy) is 1. The number of nitrogens with zero attached hydrogens (tertiary/aromatic N) is 1. The molecule has 0 aliphatic heterocycles. The van der Waals surface area contributed by atoms with E-state index in [2.05, 4.69) is 30.3 Å². The minimum absolute atomic E-state index is 0.263. The molecule has 5 nitrogen and oxygen atoms in total. The quantitative estimate of drug-likeness (QED) is 0.655. The first kappa shape index (κ1) is 17.8. The van der Waals surface area contributed by atoms with Crippen molar-refractivity contribution in [3.63, 3.8) is 0 Å². The number of methoxy groups -OCH3 is 1. The molecule has 0 fully saturated rings. The minimum Gasteiger partial charge on any atom is -0.467 e. The molecule has 1 heterocycles. The summed E-state index contributed by atoms with van der Waals surface area (Å²) in [5, 5.41) is 3.71. The summed E-state index contributed by atoms with van der Waals surface area (Å²) < 4.78 is 6.95. The third kappa shape index (κ3) is 3.50. The highest BCUT2D eigenvalue weighted by Crippen LogP contribution is 2.29. The van der Waals surface area contributed by atoms with E-state index >= 15 is 0 Å². The summed E-state index contributed by atoms with van der Waals surface area (Å²) in [6, 6.07) is 7.28. The van der Waals surface area contributed by atoms with Crippen molar-refractivity contribution in [3.8, 4) is 0 Å². The van der Waals surface area contributed by atoms with Crippen molar-refractivity contribution < 1.29 is 14.3 Å². The van der Waals surface area contributed by atoms with Gasteiger partial charge >= 0.3 is 5.97 Å². The van der Waals surface area contributed by atoms with Gasteiger partial charge in [-0.15, -0.1) is 6.58 Å². The van der Waals surface area contributed by atoms with Crippen LogP contribution in [0.1, 0.15) is 26.3 Å². The van der Waals surface area contributed by atoms with E-state index in [1.165, 1.54) is 14.0 Å². The summed E-state index contributed by atoms with van der Waals surface area (Å²) in [5.74, 6) is -0.717. The lowest BCUT2D eigenvalue weighted by Gasteiger charge is -2.24. The van der Waals surface area contributed by atoms with E-state index in [-0.39, 0.29) is 11.4 Å². The lowest BCUT2D eigenvalue weighted by molar-refractivity contribution is -0.144. The fourth-order valence-electron chi connectivity index (χ4n) is 2.79. The molecule has 1 unspecified atom stereocenters. The van der Waals surface area contributed by atoms with Gasteiger partial charge < -0.3 is 14.6 Å². The maximum atomic E-state index is 12.0. The number of amides is 1. The highest BCUT2D eigenvalue weighted by atomic mass is 16.5. The Labute approximate surface area is 142 Å². The number of allylic oxidation sites excluding steroid dienone is 1. The van der Waals surface area contributed by atoms with Crippen LogP contribution in [-0.4, -0.2) is 29.6 Å². The van der Waals surface area contributed by atoms with Gasteiger partial charge in [0.05, 0.1) is 12.6 Å². The van der Waals surface area contributed by atoms with Crippen LogP contribution in [0.15, 0.2) is 43.1 Å². The molecular weight excluding hydrogens is 304 g/mol. The summed E-state index contributed by atoms with van der Waals surface area (Å²) >= 11 is 0. The van der Waals surface area contributed by atoms with Crippen molar-refractivity contribution in [1.29, 1.82) is 0 Å². The zero-order valence-corrected chi connectivity index (χ0v) is 14.6. The van der Waals surface area contributed by atoms with E-state index in [0.717, 1.165) is 16.5 Å². The third-order valence-electron chi connectivity index (χ3n) is 4.20. The maximum Gasteiger partial charge on any atom is 0.328 e. The number of rotatable bonds is 6. The normalized spacial score (nSPS) is 12.7. The SMILES string of the molecule is C=CC(C)(C)n1cc(CC(NC(C)=O)C(=O)OC)c2ccccc21. The molecule has 2 rings (SSSR count). The molecule has 0 aliphatic carbocycles. The molecule has 0 radical (unpaired) electrons. The van der Waals surface area contributed by atoms with Gasteiger partial charge in [-0.25, -0.2) is 4.79 Å². The Bertz CT molecular complexity index is 774. The van der Waals surface area contributed by atoms with E-state index < -0.39 is 12.0 Å². The van der Waals surface area contributed by atoms with Gasteiger partial charge in [0.25, 0.3) is 0 Å².